The lowest BCUT2D eigenvalue weighted by molar-refractivity contribution is 0.595. The normalized spacial score (nSPS) is 28.7. The van der Waals surface area contributed by atoms with Gasteiger partial charge in [-0.1, -0.05) is 18.1 Å². The molecule has 0 heteroatoms. The molecule has 0 saturated heterocycles. The maximum Gasteiger partial charge on any atom is -0.0103 e. The van der Waals surface area contributed by atoms with E-state index >= 15 is 0 Å². The van der Waals surface area contributed by atoms with Crippen LogP contribution in [0, 0.1) is 5.92 Å². The van der Waals surface area contributed by atoms with Gasteiger partial charge in [-0.3, -0.25) is 0 Å². The van der Waals surface area contributed by atoms with Crippen molar-refractivity contribution in [1.82, 2.24) is 0 Å². The van der Waals surface area contributed by atoms with E-state index in [1.807, 2.05) is 0 Å². The molecule has 2 rings (SSSR count). The second kappa shape index (κ2) is 0.936. The van der Waals surface area contributed by atoms with Gasteiger partial charge in [0.1, 0.15) is 0 Å². The second-order valence-electron chi connectivity index (χ2n) is 2.90. The molecule has 2 aliphatic rings. The third kappa shape index (κ3) is 0.425. The van der Waals surface area contributed by atoms with Gasteiger partial charge in [0.25, 0.3) is 0 Å². The first-order valence-electron chi connectivity index (χ1n) is 3.06. The molecule has 0 amide bonds. The first-order valence-corrected chi connectivity index (χ1v) is 3.06. The summed E-state index contributed by atoms with van der Waals surface area (Å²) in [4.78, 5) is 0. The molecule has 0 aromatic heterocycles. The van der Waals surface area contributed by atoms with Crippen LogP contribution in [0.2, 0.25) is 0 Å². The Balaban J connectivity index is 2.13. The first-order chi connectivity index (χ1) is 3.36. The zero-order valence-corrected chi connectivity index (χ0v) is 4.70. The molecule has 0 aromatic rings. The SMILES string of the molecule is CC1CC2=C(C2)C1. The molecule has 0 aliphatic heterocycles. The predicted octanol–water partition coefficient (Wildman–Crippen LogP) is 2.12. The third-order valence-corrected chi connectivity index (χ3v) is 1.99. The molecule has 0 radical (unpaired) electrons. The molecule has 0 unspecified atom stereocenters. The largest absolute Gasteiger partial charge is 0.0663 e. The summed E-state index contributed by atoms with van der Waals surface area (Å²) in [5, 5.41) is 0. The number of hydrogen-bond acceptors (Lipinski definition) is 0. The monoisotopic (exact) mass is 94.1 g/mol. The zero-order chi connectivity index (χ0) is 4.85. The minimum atomic E-state index is 0.999. The van der Waals surface area contributed by atoms with Crippen molar-refractivity contribution < 1.29 is 0 Å². The molecule has 0 saturated carbocycles. The van der Waals surface area contributed by atoms with E-state index in [1.54, 1.807) is 11.1 Å². The maximum atomic E-state index is 2.34. The zero-order valence-electron chi connectivity index (χ0n) is 4.70. The summed E-state index contributed by atoms with van der Waals surface area (Å²) in [7, 11) is 0. The topological polar surface area (TPSA) is 0 Å². The van der Waals surface area contributed by atoms with Gasteiger partial charge in [0.05, 0.1) is 0 Å². The van der Waals surface area contributed by atoms with E-state index in [2.05, 4.69) is 6.92 Å². The fraction of sp³-hybridized carbons (Fsp3) is 0.714. The molecule has 38 valence electrons. The van der Waals surface area contributed by atoms with E-state index in [0.29, 0.717) is 0 Å². The van der Waals surface area contributed by atoms with Crippen LogP contribution in [-0.2, 0) is 0 Å². The first kappa shape index (κ1) is 3.71. The van der Waals surface area contributed by atoms with Crippen LogP contribution in [0.3, 0.4) is 0 Å². The molecule has 0 fully saturated rings. The summed E-state index contributed by atoms with van der Waals surface area (Å²) in [6.07, 6.45) is 4.26. The number of allylic oxidation sites excluding steroid dienone is 2. The highest BCUT2D eigenvalue weighted by Crippen LogP contribution is 2.47. The standard InChI is InChI=1S/C7H10/c1-5-2-6-4-7(6)3-5/h5H,2-4H2,1H3. The molecular weight excluding hydrogens is 84.1 g/mol. The minimum absolute atomic E-state index is 0.999. The van der Waals surface area contributed by atoms with E-state index in [0.717, 1.165) is 5.92 Å². The van der Waals surface area contributed by atoms with Crippen molar-refractivity contribution in [3.63, 3.8) is 0 Å². The number of hydrogen-bond donors (Lipinski definition) is 0. The van der Waals surface area contributed by atoms with Crippen LogP contribution in [0.25, 0.3) is 0 Å². The molecule has 0 N–H and O–H groups in total. The maximum absolute atomic E-state index is 2.34. The molecule has 7 heavy (non-hydrogen) atoms. The lowest BCUT2D eigenvalue weighted by Gasteiger charge is -2.01. The minimum Gasteiger partial charge on any atom is -0.0663 e. The van der Waals surface area contributed by atoms with E-state index in [1.165, 1.54) is 19.3 Å². The summed E-state index contributed by atoms with van der Waals surface area (Å²) in [6.45, 7) is 2.34. The lowest BCUT2D eigenvalue weighted by Crippen LogP contribution is -1.88. The fourth-order valence-electron chi connectivity index (χ4n) is 1.56. The van der Waals surface area contributed by atoms with E-state index in [-0.39, 0.29) is 0 Å². The van der Waals surface area contributed by atoms with E-state index < -0.39 is 0 Å². The van der Waals surface area contributed by atoms with Gasteiger partial charge in [-0.2, -0.15) is 0 Å². The predicted molar refractivity (Wildman–Crippen MR) is 30.0 cm³/mol. The highest BCUT2D eigenvalue weighted by atomic mass is 14.4. The van der Waals surface area contributed by atoms with Gasteiger partial charge in [0.15, 0.2) is 0 Å². The van der Waals surface area contributed by atoms with Crippen molar-refractivity contribution in [2.24, 2.45) is 5.92 Å². The lowest BCUT2D eigenvalue weighted by atomic mass is 10.0. The van der Waals surface area contributed by atoms with Gasteiger partial charge in [-0.05, 0) is 25.2 Å². The van der Waals surface area contributed by atoms with Gasteiger partial charge in [0, 0.05) is 0 Å². The summed E-state index contributed by atoms with van der Waals surface area (Å²) in [6, 6.07) is 0. The summed E-state index contributed by atoms with van der Waals surface area (Å²) >= 11 is 0. The molecule has 2 aliphatic carbocycles. The smallest absolute Gasteiger partial charge is 0.0103 e. The summed E-state index contributed by atoms with van der Waals surface area (Å²) in [5.74, 6) is 0.999. The van der Waals surface area contributed by atoms with Gasteiger partial charge >= 0.3 is 0 Å². The Morgan fingerprint density at radius 1 is 1.29 bits per heavy atom. The molecule has 0 bridgehead atoms. The van der Waals surface area contributed by atoms with Gasteiger partial charge in [-0.15, -0.1) is 0 Å². The Hall–Kier alpha value is -0.260. The van der Waals surface area contributed by atoms with Crippen LogP contribution in [0.4, 0.5) is 0 Å². The number of rotatable bonds is 0. The van der Waals surface area contributed by atoms with Gasteiger partial charge in [-0.25, -0.2) is 0 Å². The van der Waals surface area contributed by atoms with E-state index in [9.17, 15) is 0 Å². The van der Waals surface area contributed by atoms with Crippen LogP contribution < -0.4 is 0 Å². The molecule has 0 atom stereocenters. The Morgan fingerprint density at radius 2 is 1.86 bits per heavy atom. The van der Waals surface area contributed by atoms with Crippen LogP contribution in [0.15, 0.2) is 11.1 Å². The van der Waals surface area contributed by atoms with Crippen LogP contribution in [0.1, 0.15) is 26.2 Å². The van der Waals surface area contributed by atoms with Crippen LogP contribution in [0.5, 0.6) is 0 Å². The highest BCUT2D eigenvalue weighted by Gasteiger charge is 2.30. The Bertz CT molecular complexity index is 117. The van der Waals surface area contributed by atoms with Crippen LogP contribution >= 0.6 is 0 Å². The Labute approximate surface area is 44.2 Å². The van der Waals surface area contributed by atoms with Crippen molar-refractivity contribution in [2.75, 3.05) is 0 Å². The average Bonchev–Trinajstić information content (AvgIpc) is 2.15. The Morgan fingerprint density at radius 3 is 2.14 bits per heavy atom. The Kier molecular flexibility index (Phi) is 0.495. The highest BCUT2D eigenvalue weighted by molar-refractivity contribution is 5.39. The molecular formula is C7H10. The second-order valence-corrected chi connectivity index (χ2v) is 2.90. The molecule has 0 heterocycles. The van der Waals surface area contributed by atoms with Crippen molar-refractivity contribution in [3.05, 3.63) is 11.1 Å². The van der Waals surface area contributed by atoms with Gasteiger partial charge in [0.2, 0.25) is 0 Å². The van der Waals surface area contributed by atoms with Crippen molar-refractivity contribution in [3.8, 4) is 0 Å². The van der Waals surface area contributed by atoms with Crippen LogP contribution in [-0.4, -0.2) is 0 Å². The average molecular weight is 94.2 g/mol. The molecule has 0 aromatic carbocycles. The van der Waals surface area contributed by atoms with Gasteiger partial charge < -0.3 is 0 Å². The summed E-state index contributed by atoms with van der Waals surface area (Å²) < 4.78 is 0. The van der Waals surface area contributed by atoms with Crippen molar-refractivity contribution in [1.29, 1.82) is 0 Å². The molecule has 0 spiro atoms. The van der Waals surface area contributed by atoms with Crippen molar-refractivity contribution in [2.45, 2.75) is 26.2 Å². The quantitative estimate of drug-likeness (QED) is 0.403. The molecule has 0 nitrogen and oxygen atoms in total. The van der Waals surface area contributed by atoms with Crippen molar-refractivity contribution >= 4 is 0 Å². The fourth-order valence-corrected chi connectivity index (χ4v) is 1.56. The van der Waals surface area contributed by atoms with E-state index in [4.69, 9.17) is 0 Å². The summed E-state index contributed by atoms with van der Waals surface area (Å²) in [5.41, 5.74) is 3.57. The third-order valence-electron chi connectivity index (χ3n) is 1.99.